The van der Waals surface area contributed by atoms with Crippen LogP contribution >= 0.6 is 23.5 Å². The van der Waals surface area contributed by atoms with Crippen LogP contribution in [-0.2, 0) is 9.59 Å². The highest BCUT2D eigenvalue weighted by molar-refractivity contribution is 8.18. The summed E-state index contributed by atoms with van der Waals surface area (Å²) in [5.41, 5.74) is 1.91. The van der Waals surface area contributed by atoms with Crippen molar-refractivity contribution < 1.29 is 23.9 Å². The molecule has 9 heteroatoms. The lowest BCUT2D eigenvalue weighted by atomic mass is 10.2. The van der Waals surface area contributed by atoms with Gasteiger partial charge in [-0.1, -0.05) is 23.8 Å². The van der Waals surface area contributed by atoms with Gasteiger partial charge in [-0.3, -0.25) is 19.3 Å². The Bertz CT molecular complexity index is 1080. The number of imide groups is 1. The molecule has 0 aliphatic carbocycles. The van der Waals surface area contributed by atoms with Gasteiger partial charge in [0.2, 0.25) is 12.7 Å². The van der Waals surface area contributed by atoms with Crippen LogP contribution in [0, 0.1) is 6.92 Å². The molecular formula is C23H22N2O5S2. The molecule has 32 heavy (non-hydrogen) atoms. The first-order valence-corrected chi connectivity index (χ1v) is 11.8. The Morgan fingerprint density at radius 1 is 1.19 bits per heavy atom. The molecule has 7 nitrogen and oxygen atoms in total. The second kappa shape index (κ2) is 9.70. The van der Waals surface area contributed by atoms with Gasteiger partial charge < -0.3 is 14.8 Å². The van der Waals surface area contributed by atoms with E-state index in [1.165, 1.54) is 11.8 Å². The largest absolute Gasteiger partial charge is 0.454 e. The Morgan fingerprint density at radius 2 is 1.94 bits per heavy atom. The molecule has 2 aromatic rings. The second-order valence-electron chi connectivity index (χ2n) is 7.31. The number of carbonyl (C=O) groups is 3. The quantitative estimate of drug-likeness (QED) is 0.483. The summed E-state index contributed by atoms with van der Waals surface area (Å²) in [7, 11) is 0. The first kappa shape index (κ1) is 22.3. The van der Waals surface area contributed by atoms with Gasteiger partial charge in [-0.2, -0.15) is 0 Å². The zero-order chi connectivity index (χ0) is 22.7. The van der Waals surface area contributed by atoms with Crippen molar-refractivity contribution in [2.24, 2.45) is 0 Å². The molecule has 0 bridgehead atoms. The van der Waals surface area contributed by atoms with Crippen molar-refractivity contribution in [3.05, 3.63) is 58.5 Å². The molecule has 2 aliphatic rings. The van der Waals surface area contributed by atoms with Crippen LogP contribution in [0.5, 0.6) is 11.5 Å². The summed E-state index contributed by atoms with van der Waals surface area (Å²) < 4.78 is 10.6. The predicted molar refractivity (Wildman–Crippen MR) is 125 cm³/mol. The third kappa shape index (κ3) is 5.11. The number of rotatable bonds is 7. The lowest BCUT2D eigenvalue weighted by molar-refractivity contribution is -0.124. The standard InChI is InChI=1S/C23H22N2O5S2/c1-14-3-6-17(7-4-14)31-15(2)21(26)24-9-10-25-22(27)20(32-23(25)28)12-16-5-8-18-19(11-16)30-13-29-18/h3-8,11-12,15H,9-10,13H2,1-2H3,(H,24,26)/b20-12-. The van der Waals surface area contributed by atoms with E-state index >= 15 is 0 Å². The van der Waals surface area contributed by atoms with Crippen LogP contribution in [0.4, 0.5) is 4.79 Å². The molecule has 166 valence electrons. The summed E-state index contributed by atoms with van der Waals surface area (Å²) in [5, 5.41) is 2.17. The first-order valence-electron chi connectivity index (χ1n) is 10.1. The molecule has 2 aliphatic heterocycles. The van der Waals surface area contributed by atoms with E-state index in [1.807, 2.05) is 38.1 Å². The highest BCUT2D eigenvalue weighted by Crippen LogP contribution is 2.36. The molecule has 0 radical (unpaired) electrons. The normalized spacial score (nSPS) is 17.2. The van der Waals surface area contributed by atoms with Crippen molar-refractivity contribution in [1.82, 2.24) is 10.2 Å². The van der Waals surface area contributed by atoms with Gasteiger partial charge in [0, 0.05) is 18.0 Å². The average Bonchev–Trinajstić information content (AvgIpc) is 3.34. The molecule has 1 unspecified atom stereocenters. The highest BCUT2D eigenvalue weighted by atomic mass is 32.2. The lowest BCUT2D eigenvalue weighted by Crippen LogP contribution is -2.39. The maximum Gasteiger partial charge on any atom is 0.293 e. The second-order valence-corrected chi connectivity index (χ2v) is 9.72. The van der Waals surface area contributed by atoms with Crippen molar-refractivity contribution in [1.29, 1.82) is 0 Å². The van der Waals surface area contributed by atoms with Crippen LogP contribution < -0.4 is 14.8 Å². The number of carbonyl (C=O) groups excluding carboxylic acids is 3. The summed E-state index contributed by atoms with van der Waals surface area (Å²) >= 11 is 2.35. The zero-order valence-electron chi connectivity index (χ0n) is 17.6. The number of aryl methyl sites for hydroxylation is 1. The molecule has 1 saturated heterocycles. The maximum atomic E-state index is 12.7. The molecule has 2 aromatic carbocycles. The Labute approximate surface area is 194 Å². The third-order valence-electron chi connectivity index (χ3n) is 4.91. The number of thioether (sulfide) groups is 2. The summed E-state index contributed by atoms with van der Waals surface area (Å²) in [4.78, 5) is 39.9. The van der Waals surface area contributed by atoms with E-state index in [-0.39, 0.29) is 42.2 Å². The maximum absolute atomic E-state index is 12.7. The van der Waals surface area contributed by atoms with Crippen molar-refractivity contribution >= 4 is 46.7 Å². The van der Waals surface area contributed by atoms with Gasteiger partial charge >= 0.3 is 0 Å². The highest BCUT2D eigenvalue weighted by Gasteiger charge is 2.34. The molecule has 4 rings (SSSR count). The van der Waals surface area contributed by atoms with Gasteiger partial charge in [-0.25, -0.2) is 0 Å². The summed E-state index contributed by atoms with van der Waals surface area (Å²) in [6.45, 7) is 4.33. The third-order valence-corrected chi connectivity index (χ3v) is 6.93. The van der Waals surface area contributed by atoms with Crippen LogP contribution in [0.25, 0.3) is 6.08 Å². The Kier molecular flexibility index (Phi) is 6.76. The van der Waals surface area contributed by atoms with E-state index in [4.69, 9.17) is 9.47 Å². The number of amides is 3. The summed E-state index contributed by atoms with van der Waals surface area (Å²) in [6.07, 6.45) is 1.66. The van der Waals surface area contributed by atoms with Crippen molar-refractivity contribution in [3.63, 3.8) is 0 Å². The number of ether oxygens (including phenoxy) is 2. The SMILES string of the molecule is Cc1ccc(SC(C)C(=O)NCCN2C(=O)S/C(=C\c3ccc4c(c3)OCO4)C2=O)cc1. The minimum atomic E-state index is -0.367. The van der Waals surface area contributed by atoms with Crippen LogP contribution in [0.1, 0.15) is 18.1 Å². The molecule has 1 atom stereocenters. The van der Waals surface area contributed by atoms with Gasteiger partial charge in [0.1, 0.15) is 0 Å². The van der Waals surface area contributed by atoms with Crippen LogP contribution in [0.2, 0.25) is 0 Å². The Morgan fingerprint density at radius 3 is 2.72 bits per heavy atom. The van der Waals surface area contributed by atoms with Gasteiger partial charge in [0.05, 0.1) is 10.2 Å². The van der Waals surface area contributed by atoms with E-state index < -0.39 is 0 Å². The van der Waals surface area contributed by atoms with Gasteiger partial charge in [0.15, 0.2) is 11.5 Å². The summed E-state index contributed by atoms with van der Waals surface area (Å²) in [6, 6.07) is 13.3. The predicted octanol–water partition coefficient (Wildman–Crippen LogP) is 4.06. The number of nitrogens with zero attached hydrogens (tertiary/aromatic N) is 1. The number of hydrogen-bond acceptors (Lipinski definition) is 7. The molecule has 2 heterocycles. The summed E-state index contributed by atoms with van der Waals surface area (Å²) in [5.74, 6) is 0.756. The van der Waals surface area contributed by atoms with E-state index in [0.717, 1.165) is 32.7 Å². The smallest absolute Gasteiger partial charge is 0.293 e. The molecule has 0 saturated carbocycles. The molecular weight excluding hydrogens is 448 g/mol. The monoisotopic (exact) mass is 470 g/mol. The van der Waals surface area contributed by atoms with Crippen LogP contribution in [-0.4, -0.2) is 47.1 Å². The number of benzene rings is 2. The fraction of sp³-hybridized carbons (Fsp3) is 0.261. The molecule has 0 aromatic heterocycles. The van der Waals surface area contributed by atoms with Crippen molar-refractivity contribution in [2.75, 3.05) is 19.9 Å². The van der Waals surface area contributed by atoms with E-state index in [9.17, 15) is 14.4 Å². The Hall–Kier alpha value is -2.91. The molecule has 1 N–H and O–H groups in total. The fourth-order valence-corrected chi connectivity index (χ4v) is 4.91. The zero-order valence-corrected chi connectivity index (χ0v) is 19.3. The van der Waals surface area contributed by atoms with E-state index in [2.05, 4.69) is 5.32 Å². The lowest BCUT2D eigenvalue weighted by Gasteiger charge is -2.15. The number of nitrogens with one attached hydrogen (secondary N) is 1. The van der Waals surface area contributed by atoms with Crippen LogP contribution in [0.15, 0.2) is 52.3 Å². The molecule has 1 fully saturated rings. The van der Waals surface area contributed by atoms with Gasteiger partial charge in [-0.05, 0) is 61.5 Å². The molecule has 0 spiro atoms. The minimum absolute atomic E-state index is 0.122. The van der Waals surface area contributed by atoms with Gasteiger partial charge in [-0.15, -0.1) is 11.8 Å². The van der Waals surface area contributed by atoms with Crippen LogP contribution in [0.3, 0.4) is 0 Å². The van der Waals surface area contributed by atoms with Gasteiger partial charge in [0.25, 0.3) is 11.1 Å². The topological polar surface area (TPSA) is 84.9 Å². The number of hydrogen-bond donors (Lipinski definition) is 1. The van der Waals surface area contributed by atoms with E-state index in [0.29, 0.717) is 16.4 Å². The first-order chi connectivity index (χ1) is 15.4. The molecule has 3 amide bonds. The number of fused-ring (bicyclic) bond motifs is 1. The minimum Gasteiger partial charge on any atom is -0.454 e. The van der Waals surface area contributed by atoms with E-state index in [1.54, 1.807) is 24.3 Å². The van der Waals surface area contributed by atoms with Crippen molar-refractivity contribution in [3.8, 4) is 11.5 Å². The van der Waals surface area contributed by atoms with Crippen molar-refractivity contribution in [2.45, 2.75) is 24.0 Å². The fourth-order valence-electron chi connectivity index (χ4n) is 3.16. The average molecular weight is 471 g/mol. The Balaban J connectivity index is 1.30.